The molecule has 3 nitrogen and oxygen atoms in total. The lowest BCUT2D eigenvalue weighted by atomic mass is 10.0. The Morgan fingerprint density at radius 1 is 1.31 bits per heavy atom. The number of benzene rings is 1. The first-order chi connectivity index (χ1) is 7.76. The number of rotatable bonds is 3. The molecule has 1 aromatic rings. The lowest BCUT2D eigenvalue weighted by Crippen LogP contribution is -2.14. The van der Waals surface area contributed by atoms with E-state index in [-0.39, 0.29) is 17.6 Å². The van der Waals surface area contributed by atoms with E-state index in [0.29, 0.717) is 11.3 Å². The van der Waals surface area contributed by atoms with Gasteiger partial charge in [0.05, 0.1) is 14.2 Å². The molecule has 0 radical (unpaired) electrons. The van der Waals surface area contributed by atoms with Gasteiger partial charge in [-0.05, 0) is 25.5 Å². The second-order valence-corrected chi connectivity index (χ2v) is 3.88. The molecule has 16 heavy (non-hydrogen) atoms. The first-order valence-corrected chi connectivity index (χ1v) is 5.41. The van der Waals surface area contributed by atoms with Gasteiger partial charge in [0.1, 0.15) is 5.75 Å². The highest BCUT2D eigenvalue weighted by Gasteiger charge is 2.22. The summed E-state index contributed by atoms with van der Waals surface area (Å²) in [5.41, 5.74) is 0.633. The number of nitrogens with one attached hydrogen (secondary N) is 1. The number of methoxy groups -OCH3 is 2. The molecule has 1 aliphatic heterocycles. The Hall–Kier alpha value is -1.29. The molecule has 0 bridgehead atoms. The van der Waals surface area contributed by atoms with Crippen molar-refractivity contribution < 1.29 is 13.9 Å². The van der Waals surface area contributed by atoms with Crippen LogP contribution in [0, 0.1) is 5.82 Å². The van der Waals surface area contributed by atoms with Gasteiger partial charge in [-0.15, -0.1) is 0 Å². The van der Waals surface area contributed by atoms with Gasteiger partial charge in [0.25, 0.3) is 0 Å². The normalized spacial score (nSPS) is 19.8. The monoisotopic (exact) mass is 225 g/mol. The van der Waals surface area contributed by atoms with Gasteiger partial charge in [0.2, 0.25) is 0 Å². The number of ether oxygens (including phenoxy) is 2. The topological polar surface area (TPSA) is 30.5 Å². The third-order valence-corrected chi connectivity index (χ3v) is 2.93. The van der Waals surface area contributed by atoms with Crippen LogP contribution >= 0.6 is 0 Å². The summed E-state index contributed by atoms with van der Waals surface area (Å²) in [6, 6.07) is 3.37. The molecule has 1 heterocycles. The molecule has 1 fully saturated rings. The standard InChI is InChI=1S/C12H16FNO2/c1-15-8-6-9(10-4-3-5-14-10)12(13)11(7-8)16-2/h6-7,10,14H,3-5H2,1-2H3. The van der Waals surface area contributed by atoms with Crippen molar-refractivity contribution >= 4 is 0 Å². The van der Waals surface area contributed by atoms with Gasteiger partial charge in [0, 0.05) is 17.7 Å². The Morgan fingerprint density at radius 3 is 2.69 bits per heavy atom. The zero-order chi connectivity index (χ0) is 11.5. The molecule has 1 unspecified atom stereocenters. The lowest BCUT2D eigenvalue weighted by Gasteiger charge is -2.15. The van der Waals surface area contributed by atoms with E-state index in [4.69, 9.17) is 9.47 Å². The molecule has 4 heteroatoms. The first kappa shape index (κ1) is 11.2. The van der Waals surface area contributed by atoms with E-state index in [1.807, 2.05) is 0 Å². The largest absolute Gasteiger partial charge is 0.497 e. The van der Waals surface area contributed by atoms with Crippen molar-refractivity contribution in [3.05, 3.63) is 23.5 Å². The number of hydrogen-bond donors (Lipinski definition) is 1. The highest BCUT2D eigenvalue weighted by Crippen LogP contribution is 2.33. The Labute approximate surface area is 94.6 Å². The molecule has 1 aliphatic rings. The maximum Gasteiger partial charge on any atom is 0.170 e. The molecule has 2 rings (SSSR count). The average Bonchev–Trinajstić information content (AvgIpc) is 2.83. The summed E-state index contributed by atoms with van der Waals surface area (Å²) in [4.78, 5) is 0. The van der Waals surface area contributed by atoms with E-state index in [2.05, 4.69) is 5.32 Å². The Morgan fingerprint density at radius 2 is 2.12 bits per heavy atom. The predicted molar refractivity (Wildman–Crippen MR) is 59.5 cm³/mol. The van der Waals surface area contributed by atoms with Crippen LogP contribution in [0.15, 0.2) is 12.1 Å². The number of halogens is 1. The van der Waals surface area contributed by atoms with Crippen molar-refractivity contribution in [3.63, 3.8) is 0 Å². The van der Waals surface area contributed by atoms with Crippen LogP contribution in [0.2, 0.25) is 0 Å². The van der Waals surface area contributed by atoms with Crippen LogP contribution in [-0.4, -0.2) is 20.8 Å². The van der Waals surface area contributed by atoms with E-state index in [1.165, 1.54) is 7.11 Å². The van der Waals surface area contributed by atoms with Crippen LogP contribution in [0.25, 0.3) is 0 Å². The summed E-state index contributed by atoms with van der Waals surface area (Å²) >= 11 is 0. The quantitative estimate of drug-likeness (QED) is 0.856. The molecule has 1 N–H and O–H groups in total. The maximum atomic E-state index is 14.0. The third-order valence-electron chi connectivity index (χ3n) is 2.93. The second-order valence-electron chi connectivity index (χ2n) is 3.88. The van der Waals surface area contributed by atoms with Crippen LogP contribution in [0.3, 0.4) is 0 Å². The Balaban J connectivity index is 2.41. The SMILES string of the molecule is COc1cc(OC)c(F)c(C2CCCN2)c1. The smallest absolute Gasteiger partial charge is 0.170 e. The van der Waals surface area contributed by atoms with Crippen molar-refractivity contribution in [1.29, 1.82) is 0 Å². The van der Waals surface area contributed by atoms with Gasteiger partial charge in [0.15, 0.2) is 11.6 Å². The van der Waals surface area contributed by atoms with Crippen molar-refractivity contribution in [1.82, 2.24) is 5.32 Å². The lowest BCUT2D eigenvalue weighted by molar-refractivity contribution is 0.368. The van der Waals surface area contributed by atoms with E-state index in [0.717, 1.165) is 19.4 Å². The van der Waals surface area contributed by atoms with Crippen LogP contribution in [0.4, 0.5) is 4.39 Å². The molecule has 88 valence electrons. The van der Waals surface area contributed by atoms with Gasteiger partial charge in [-0.25, -0.2) is 4.39 Å². The Bertz CT molecular complexity index is 376. The minimum absolute atomic E-state index is 0.0731. The molecule has 0 saturated carbocycles. The molecule has 0 spiro atoms. The van der Waals surface area contributed by atoms with Crippen molar-refractivity contribution in [2.75, 3.05) is 20.8 Å². The average molecular weight is 225 g/mol. The molecule has 1 saturated heterocycles. The summed E-state index contributed by atoms with van der Waals surface area (Å²) in [5, 5.41) is 3.27. The summed E-state index contributed by atoms with van der Waals surface area (Å²) in [6.07, 6.45) is 2.02. The zero-order valence-electron chi connectivity index (χ0n) is 9.55. The van der Waals surface area contributed by atoms with Gasteiger partial charge in [-0.3, -0.25) is 0 Å². The van der Waals surface area contributed by atoms with Crippen molar-refractivity contribution in [2.24, 2.45) is 0 Å². The van der Waals surface area contributed by atoms with Gasteiger partial charge < -0.3 is 14.8 Å². The molecular formula is C12H16FNO2. The highest BCUT2D eigenvalue weighted by molar-refractivity contribution is 5.41. The zero-order valence-corrected chi connectivity index (χ0v) is 9.55. The van der Waals surface area contributed by atoms with E-state index in [9.17, 15) is 4.39 Å². The predicted octanol–water partition coefficient (Wildman–Crippen LogP) is 2.27. The van der Waals surface area contributed by atoms with E-state index < -0.39 is 0 Å². The van der Waals surface area contributed by atoms with Gasteiger partial charge in [-0.2, -0.15) is 0 Å². The van der Waals surface area contributed by atoms with Crippen LogP contribution in [0.1, 0.15) is 24.4 Å². The maximum absolute atomic E-state index is 14.0. The van der Waals surface area contributed by atoms with E-state index in [1.54, 1.807) is 19.2 Å². The second kappa shape index (κ2) is 4.70. The fourth-order valence-corrected chi connectivity index (χ4v) is 2.06. The molecule has 0 amide bonds. The molecule has 0 aromatic heterocycles. The van der Waals surface area contributed by atoms with Crippen LogP contribution in [-0.2, 0) is 0 Å². The van der Waals surface area contributed by atoms with E-state index >= 15 is 0 Å². The van der Waals surface area contributed by atoms with Crippen LogP contribution < -0.4 is 14.8 Å². The summed E-state index contributed by atoms with van der Waals surface area (Å²) in [5.74, 6) is 0.577. The Kier molecular flexibility index (Phi) is 3.29. The summed E-state index contributed by atoms with van der Waals surface area (Å²) < 4.78 is 24.2. The fraction of sp³-hybridized carbons (Fsp3) is 0.500. The van der Waals surface area contributed by atoms with Crippen molar-refractivity contribution in [2.45, 2.75) is 18.9 Å². The van der Waals surface area contributed by atoms with Gasteiger partial charge >= 0.3 is 0 Å². The fourth-order valence-electron chi connectivity index (χ4n) is 2.06. The molecule has 1 atom stereocenters. The minimum atomic E-state index is -0.289. The summed E-state index contributed by atoms with van der Waals surface area (Å²) in [7, 11) is 3.03. The van der Waals surface area contributed by atoms with Gasteiger partial charge in [-0.1, -0.05) is 0 Å². The molecule has 0 aliphatic carbocycles. The van der Waals surface area contributed by atoms with Crippen molar-refractivity contribution in [3.8, 4) is 11.5 Å². The van der Waals surface area contributed by atoms with Crippen LogP contribution in [0.5, 0.6) is 11.5 Å². The molecule has 1 aromatic carbocycles. The highest BCUT2D eigenvalue weighted by atomic mass is 19.1. The minimum Gasteiger partial charge on any atom is -0.497 e. The third kappa shape index (κ3) is 1.97. The summed E-state index contributed by atoms with van der Waals surface area (Å²) in [6.45, 7) is 0.934. The first-order valence-electron chi connectivity index (χ1n) is 5.41. The number of hydrogen-bond acceptors (Lipinski definition) is 3. The molecular weight excluding hydrogens is 209 g/mol.